The number of hydrogen-bond acceptors (Lipinski definition) is 5. The minimum Gasteiger partial charge on any atom is -0.497 e. The highest BCUT2D eigenvalue weighted by Crippen LogP contribution is 2.24. The van der Waals surface area contributed by atoms with Crippen LogP contribution in [-0.4, -0.2) is 31.7 Å². The zero-order valence-electron chi connectivity index (χ0n) is 14.2. The van der Waals surface area contributed by atoms with E-state index in [0.717, 1.165) is 28.1 Å². The Hall–Kier alpha value is -3.02. The van der Waals surface area contributed by atoms with Crippen LogP contribution in [0.15, 0.2) is 47.2 Å². The molecule has 0 aliphatic carbocycles. The van der Waals surface area contributed by atoms with Gasteiger partial charge in [-0.2, -0.15) is 0 Å². The molecule has 0 bridgehead atoms. The topological polar surface area (TPSA) is 73.6 Å². The van der Waals surface area contributed by atoms with Gasteiger partial charge in [0.15, 0.2) is 12.0 Å². The molecular weight excluding hydrogens is 320 g/mol. The van der Waals surface area contributed by atoms with Gasteiger partial charge in [0, 0.05) is 6.54 Å². The number of carbonyl (C=O) groups excluding carboxylic acids is 1. The van der Waals surface area contributed by atoms with E-state index < -0.39 is 0 Å². The summed E-state index contributed by atoms with van der Waals surface area (Å²) in [6.07, 6.45) is 2.36. The number of amides is 1. The van der Waals surface area contributed by atoms with Gasteiger partial charge in [0.05, 0.1) is 20.6 Å². The summed E-state index contributed by atoms with van der Waals surface area (Å²) in [5.41, 5.74) is 3.35. The van der Waals surface area contributed by atoms with Crippen LogP contribution in [0.25, 0.3) is 11.1 Å². The van der Waals surface area contributed by atoms with Gasteiger partial charge in [0.2, 0.25) is 5.91 Å². The van der Waals surface area contributed by atoms with Gasteiger partial charge in [0.25, 0.3) is 0 Å². The van der Waals surface area contributed by atoms with Crippen molar-refractivity contribution in [2.45, 2.75) is 12.8 Å². The summed E-state index contributed by atoms with van der Waals surface area (Å²) in [5.74, 6) is 1.51. The molecule has 0 aliphatic rings. The van der Waals surface area contributed by atoms with E-state index in [1.54, 1.807) is 14.2 Å². The van der Waals surface area contributed by atoms with E-state index in [4.69, 9.17) is 13.9 Å². The first-order valence-corrected chi connectivity index (χ1v) is 7.99. The second-order valence-electron chi connectivity index (χ2n) is 5.61. The third kappa shape index (κ3) is 4.09. The molecule has 0 saturated heterocycles. The minimum atomic E-state index is -0.0410. The van der Waals surface area contributed by atoms with Gasteiger partial charge in [-0.15, -0.1) is 0 Å². The van der Waals surface area contributed by atoms with Gasteiger partial charge < -0.3 is 19.2 Å². The van der Waals surface area contributed by atoms with Crippen LogP contribution >= 0.6 is 0 Å². The van der Waals surface area contributed by atoms with E-state index in [1.807, 2.05) is 36.4 Å². The second-order valence-corrected chi connectivity index (χ2v) is 5.61. The maximum Gasteiger partial charge on any atom is 0.224 e. The average molecular weight is 340 g/mol. The number of aromatic nitrogens is 1. The predicted molar refractivity (Wildman–Crippen MR) is 94.0 cm³/mol. The molecule has 0 fully saturated rings. The van der Waals surface area contributed by atoms with E-state index >= 15 is 0 Å². The van der Waals surface area contributed by atoms with E-state index in [-0.39, 0.29) is 5.91 Å². The highest BCUT2D eigenvalue weighted by Gasteiger charge is 2.08. The van der Waals surface area contributed by atoms with Crippen LogP contribution in [0.2, 0.25) is 0 Å². The lowest BCUT2D eigenvalue weighted by molar-refractivity contribution is -0.120. The van der Waals surface area contributed by atoms with Crippen molar-refractivity contribution < 1.29 is 18.7 Å². The van der Waals surface area contributed by atoms with Crippen LogP contribution < -0.4 is 14.8 Å². The van der Waals surface area contributed by atoms with Crippen LogP contribution in [0, 0.1) is 0 Å². The SMILES string of the molecule is COc1ccc(OC)c(CCNC(=O)Cc2ccc3ncoc3c2)c1. The predicted octanol–water partition coefficient (Wildman–Crippen LogP) is 2.75. The number of hydrogen-bond donors (Lipinski definition) is 1. The number of nitrogens with one attached hydrogen (secondary N) is 1. The van der Waals surface area contributed by atoms with Crippen molar-refractivity contribution in [1.29, 1.82) is 0 Å². The lowest BCUT2D eigenvalue weighted by Gasteiger charge is -2.11. The molecule has 3 aromatic rings. The molecule has 1 N–H and O–H groups in total. The lowest BCUT2D eigenvalue weighted by atomic mass is 10.1. The monoisotopic (exact) mass is 340 g/mol. The molecule has 0 unspecified atom stereocenters. The molecule has 3 rings (SSSR count). The van der Waals surface area contributed by atoms with Crippen molar-refractivity contribution >= 4 is 17.0 Å². The Morgan fingerprint density at radius 2 is 2.04 bits per heavy atom. The molecule has 2 aromatic carbocycles. The van der Waals surface area contributed by atoms with Crippen molar-refractivity contribution in [3.8, 4) is 11.5 Å². The highest BCUT2D eigenvalue weighted by molar-refractivity contribution is 5.80. The van der Waals surface area contributed by atoms with Crippen LogP contribution in [0.5, 0.6) is 11.5 Å². The minimum absolute atomic E-state index is 0.0410. The van der Waals surface area contributed by atoms with Crippen molar-refractivity contribution in [3.63, 3.8) is 0 Å². The summed E-state index contributed by atoms with van der Waals surface area (Å²) >= 11 is 0. The van der Waals surface area contributed by atoms with Crippen molar-refractivity contribution in [1.82, 2.24) is 10.3 Å². The van der Waals surface area contributed by atoms with Gasteiger partial charge in [-0.25, -0.2) is 4.98 Å². The molecule has 0 aliphatic heterocycles. The lowest BCUT2D eigenvalue weighted by Crippen LogP contribution is -2.27. The third-order valence-corrected chi connectivity index (χ3v) is 3.96. The van der Waals surface area contributed by atoms with Gasteiger partial charge in [-0.1, -0.05) is 6.07 Å². The van der Waals surface area contributed by atoms with Gasteiger partial charge in [0.1, 0.15) is 17.0 Å². The Labute approximate surface area is 145 Å². The van der Waals surface area contributed by atoms with Crippen molar-refractivity contribution in [2.75, 3.05) is 20.8 Å². The largest absolute Gasteiger partial charge is 0.497 e. The van der Waals surface area contributed by atoms with Crippen molar-refractivity contribution in [3.05, 3.63) is 53.9 Å². The second kappa shape index (κ2) is 7.70. The van der Waals surface area contributed by atoms with E-state index in [2.05, 4.69) is 10.3 Å². The Morgan fingerprint density at radius 3 is 2.84 bits per heavy atom. The third-order valence-electron chi connectivity index (χ3n) is 3.96. The molecule has 1 amide bonds. The zero-order valence-corrected chi connectivity index (χ0v) is 14.2. The van der Waals surface area contributed by atoms with Crippen LogP contribution in [-0.2, 0) is 17.6 Å². The average Bonchev–Trinajstić information content (AvgIpc) is 3.09. The van der Waals surface area contributed by atoms with Crippen LogP contribution in [0.3, 0.4) is 0 Å². The Kier molecular flexibility index (Phi) is 5.18. The smallest absolute Gasteiger partial charge is 0.224 e. The standard InChI is InChI=1S/C19H20N2O4/c1-23-15-4-6-17(24-2)14(11-15)7-8-20-19(22)10-13-3-5-16-18(9-13)25-12-21-16/h3-6,9,11-12H,7-8,10H2,1-2H3,(H,20,22). The number of rotatable bonds is 7. The Morgan fingerprint density at radius 1 is 1.16 bits per heavy atom. The fraction of sp³-hybridized carbons (Fsp3) is 0.263. The first-order valence-electron chi connectivity index (χ1n) is 7.99. The quantitative estimate of drug-likeness (QED) is 0.716. The molecule has 1 aromatic heterocycles. The summed E-state index contributed by atoms with van der Waals surface area (Å²) in [6, 6.07) is 11.2. The number of benzene rings is 2. The number of nitrogens with zero attached hydrogens (tertiary/aromatic N) is 1. The fourth-order valence-electron chi connectivity index (χ4n) is 2.67. The van der Waals surface area contributed by atoms with E-state index in [9.17, 15) is 4.79 Å². The molecule has 0 saturated carbocycles. The molecule has 130 valence electrons. The fourth-order valence-corrected chi connectivity index (χ4v) is 2.67. The van der Waals surface area contributed by atoms with Gasteiger partial charge >= 0.3 is 0 Å². The van der Waals surface area contributed by atoms with Gasteiger partial charge in [-0.05, 0) is 47.9 Å². The van der Waals surface area contributed by atoms with E-state index in [1.165, 1.54) is 6.39 Å². The molecule has 0 radical (unpaired) electrons. The number of fused-ring (bicyclic) bond motifs is 1. The molecule has 0 spiro atoms. The highest BCUT2D eigenvalue weighted by atomic mass is 16.5. The maximum atomic E-state index is 12.1. The first kappa shape index (κ1) is 16.8. The maximum absolute atomic E-state index is 12.1. The number of methoxy groups -OCH3 is 2. The van der Waals surface area contributed by atoms with Crippen molar-refractivity contribution in [2.24, 2.45) is 0 Å². The van der Waals surface area contributed by atoms with Crippen LogP contribution in [0.4, 0.5) is 0 Å². The molecule has 0 atom stereocenters. The first-order chi connectivity index (χ1) is 12.2. The van der Waals surface area contributed by atoms with Crippen LogP contribution in [0.1, 0.15) is 11.1 Å². The number of oxazole rings is 1. The molecule has 1 heterocycles. The Balaban J connectivity index is 1.55. The molecule has 6 heteroatoms. The molecule has 25 heavy (non-hydrogen) atoms. The normalized spacial score (nSPS) is 10.6. The van der Waals surface area contributed by atoms with E-state index in [0.29, 0.717) is 25.0 Å². The summed E-state index contributed by atoms with van der Waals surface area (Å²) in [5, 5.41) is 2.93. The Bertz CT molecular complexity index is 873. The zero-order chi connectivity index (χ0) is 17.6. The summed E-state index contributed by atoms with van der Waals surface area (Å²) in [6.45, 7) is 0.521. The summed E-state index contributed by atoms with van der Waals surface area (Å²) in [7, 11) is 3.25. The number of ether oxygens (including phenoxy) is 2. The summed E-state index contributed by atoms with van der Waals surface area (Å²) in [4.78, 5) is 16.2. The molecule has 6 nitrogen and oxygen atoms in total. The summed E-state index contributed by atoms with van der Waals surface area (Å²) < 4.78 is 15.8. The van der Waals surface area contributed by atoms with Gasteiger partial charge in [-0.3, -0.25) is 4.79 Å². The molecular formula is C19H20N2O4. The number of carbonyl (C=O) groups is 1.